The summed E-state index contributed by atoms with van der Waals surface area (Å²) in [6.45, 7) is 10.1. The smallest absolute Gasteiger partial charge is 0.226 e. The van der Waals surface area contributed by atoms with Gasteiger partial charge in [-0.15, -0.1) is 0 Å². The SMILES string of the molecule is Cc1ccc(-n2c(C)cc([C@@H]3[C@@H](c4ccccn4)NC(=S)N3c3ccc(NC(=O)C(C)C)c(Cl)c3)c2C)cc1. The number of carbonyl (C=O) groups is 1. The van der Waals surface area contributed by atoms with Gasteiger partial charge in [0.25, 0.3) is 0 Å². The van der Waals surface area contributed by atoms with Crippen LogP contribution in [0.2, 0.25) is 5.02 Å². The molecule has 2 atom stereocenters. The van der Waals surface area contributed by atoms with Crippen LogP contribution < -0.4 is 15.5 Å². The maximum absolute atomic E-state index is 12.3. The van der Waals surface area contributed by atoms with Gasteiger partial charge in [0.1, 0.15) is 0 Å². The summed E-state index contributed by atoms with van der Waals surface area (Å²) in [5.74, 6) is -0.233. The van der Waals surface area contributed by atoms with Crippen molar-refractivity contribution in [3.05, 3.63) is 106 Å². The second-order valence-corrected chi connectivity index (χ2v) is 11.1. The van der Waals surface area contributed by atoms with Crippen LogP contribution in [0.5, 0.6) is 0 Å². The Balaban J connectivity index is 1.61. The van der Waals surface area contributed by atoms with Gasteiger partial charge >= 0.3 is 0 Å². The number of amides is 1. The Morgan fingerprint density at radius 2 is 1.74 bits per heavy atom. The van der Waals surface area contributed by atoms with Crippen LogP contribution in [0, 0.1) is 26.7 Å². The van der Waals surface area contributed by atoms with Gasteiger partial charge in [-0.3, -0.25) is 9.78 Å². The summed E-state index contributed by atoms with van der Waals surface area (Å²) in [6, 6.07) is 22.0. The average molecular weight is 558 g/mol. The average Bonchev–Trinajstić information content (AvgIpc) is 3.41. The number of anilines is 2. The highest BCUT2D eigenvalue weighted by Crippen LogP contribution is 2.44. The molecule has 200 valence electrons. The van der Waals surface area contributed by atoms with Gasteiger partial charge in [0.2, 0.25) is 5.91 Å². The Labute approximate surface area is 240 Å². The summed E-state index contributed by atoms with van der Waals surface area (Å²) in [5, 5.41) is 7.47. The first-order chi connectivity index (χ1) is 18.7. The minimum absolute atomic E-state index is 0.0837. The van der Waals surface area contributed by atoms with E-state index in [1.807, 2.05) is 50.2 Å². The number of benzene rings is 2. The zero-order valence-corrected chi connectivity index (χ0v) is 24.3. The van der Waals surface area contributed by atoms with Crippen LogP contribution in [0.4, 0.5) is 11.4 Å². The molecule has 1 fully saturated rings. The molecule has 0 aliphatic carbocycles. The third-order valence-corrected chi connectivity index (χ3v) is 7.82. The molecule has 0 bridgehead atoms. The number of rotatable bonds is 6. The Morgan fingerprint density at radius 3 is 2.38 bits per heavy atom. The van der Waals surface area contributed by atoms with Gasteiger partial charge in [-0.1, -0.05) is 49.2 Å². The molecule has 4 aromatic rings. The first kappa shape index (κ1) is 26.9. The monoisotopic (exact) mass is 557 g/mol. The molecular formula is C31H32ClN5OS. The van der Waals surface area contributed by atoms with E-state index in [2.05, 4.69) is 76.2 Å². The Bertz CT molecular complexity index is 1530. The lowest BCUT2D eigenvalue weighted by molar-refractivity contribution is -0.118. The number of aryl methyl sites for hydroxylation is 2. The van der Waals surface area contributed by atoms with Crippen LogP contribution in [0.3, 0.4) is 0 Å². The first-order valence-electron chi connectivity index (χ1n) is 13.0. The van der Waals surface area contributed by atoms with Crippen molar-refractivity contribution in [2.45, 2.75) is 46.7 Å². The summed E-state index contributed by atoms with van der Waals surface area (Å²) >= 11 is 12.6. The van der Waals surface area contributed by atoms with Gasteiger partial charge in [-0.05, 0) is 87.1 Å². The van der Waals surface area contributed by atoms with Gasteiger partial charge in [0.15, 0.2) is 5.11 Å². The van der Waals surface area contributed by atoms with E-state index in [1.165, 1.54) is 5.56 Å². The minimum atomic E-state index is -0.176. The molecule has 2 aromatic heterocycles. The summed E-state index contributed by atoms with van der Waals surface area (Å²) in [5.41, 5.74) is 8.06. The van der Waals surface area contributed by atoms with E-state index in [1.54, 1.807) is 6.20 Å². The van der Waals surface area contributed by atoms with Crippen LogP contribution >= 0.6 is 23.8 Å². The standard InChI is InChI=1S/C31H32ClN5OS/c1-18(2)30(38)34-26-14-13-23(17-25(26)32)37-29(28(35-31(37)39)27-8-6-7-15-33-27)24-16-20(4)36(21(24)5)22-11-9-19(3)10-12-22/h6-18,28-29H,1-5H3,(H,34,38)(H,35,39)/t28-,29-/m1/s1. The topological polar surface area (TPSA) is 62.2 Å². The number of nitrogens with one attached hydrogen (secondary N) is 2. The number of carbonyl (C=O) groups excluding carboxylic acids is 1. The van der Waals surface area contributed by atoms with Crippen LogP contribution in [-0.4, -0.2) is 20.6 Å². The lowest BCUT2D eigenvalue weighted by Gasteiger charge is -2.28. The van der Waals surface area contributed by atoms with Crippen LogP contribution in [0.1, 0.15) is 54.1 Å². The van der Waals surface area contributed by atoms with E-state index >= 15 is 0 Å². The molecule has 5 rings (SSSR count). The highest BCUT2D eigenvalue weighted by Gasteiger charge is 2.42. The van der Waals surface area contributed by atoms with E-state index in [9.17, 15) is 4.79 Å². The molecule has 0 saturated carbocycles. The van der Waals surface area contributed by atoms with E-state index in [0.29, 0.717) is 15.8 Å². The number of hydrogen-bond acceptors (Lipinski definition) is 3. The predicted octanol–water partition coefficient (Wildman–Crippen LogP) is 7.22. The number of aromatic nitrogens is 2. The molecule has 0 spiro atoms. The van der Waals surface area contributed by atoms with Crippen LogP contribution in [0.25, 0.3) is 5.69 Å². The zero-order chi connectivity index (χ0) is 27.8. The van der Waals surface area contributed by atoms with Crippen LogP contribution in [-0.2, 0) is 4.79 Å². The molecule has 1 saturated heterocycles. The predicted molar refractivity (Wildman–Crippen MR) is 163 cm³/mol. The number of nitrogens with zero attached hydrogens (tertiary/aromatic N) is 3. The maximum atomic E-state index is 12.3. The van der Waals surface area contributed by atoms with Crippen LogP contribution in [0.15, 0.2) is 72.9 Å². The number of hydrogen-bond donors (Lipinski definition) is 2. The van der Waals surface area contributed by atoms with Crippen molar-refractivity contribution in [1.29, 1.82) is 0 Å². The minimum Gasteiger partial charge on any atom is -0.351 e. The largest absolute Gasteiger partial charge is 0.351 e. The normalized spacial score (nSPS) is 17.0. The lowest BCUT2D eigenvalue weighted by atomic mass is 9.96. The molecule has 3 heterocycles. The fraction of sp³-hybridized carbons (Fsp3) is 0.258. The van der Waals surface area contributed by atoms with Crippen molar-refractivity contribution in [1.82, 2.24) is 14.9 Å². The Morgan fingerprint density at radius 1 is 1.03 bits per heavy atom. The molecule has 6 nitrogen and oxygen atoms in total. The third-order valence-electron chi connectivity index (χ3n) is 7.19. The molecular weight excluding hydrogens is 526 g/mol. The van der Waals surface area contributed by atoms with Crippen molar-refractivity contribution in [3.8, 4) is 5.69 Å². The summed E-state index contributed by atoms with van der Waals surface area (Å²) < 4.78 is 2.28. The molecule has 2 N–H and O–H groups in total. The highest BCUT2D eigenvalue weighted by atomic mass is 35.5. The van der Waals surface area contributed by atoms with E-state index < -0.39 is 0 Å². The molecule has 39 heavy (non-hydrogen) atoms. The fourth-order valence-corrected chi connectivity index (χ4v) is 5.73. The molecule has 1 aliphatic rings. The number of thiocarbonyl (C=S) groups is 1. The van der Waals surface area contributed by atoms with Crippen molar-refractivity contribution >= 4 is 46.2 Å². The van der Waals surface area contributed by atoms with E-state index in [-0.39, 0.29) is 23.9 Å². The Hall–Kier alpha value is -3.68. The quantitative estimate of drug-likeness (QED) is 0.245. The molecule has 1 aliphatic heterocycles. The molecule has 0 radical (unpaired) electrons. The van der Waals surface area contributed by atoms with Crippen molar-refractivity contribution in [2.24, 2.45) is 5.92 Å². The first-order valence-corrected chi connectivity index (χ1v) is 13.8. The maximum Gasteiger partial charge on any atom is 0.226 e. The summed E-state index contributed by atoms with van der Waals surface area (Å²) in [4.78, 5) is 19.1. The van der Waals surface area contributed by atoms with Gasteiger partial charge in [0.05, 0.1) is 28.5 Å². The van der Waals surface area contributed by atoms with Gasteiger partial charge in [-0.25, -0.2) is 0 Å². The van der Waals surface area contributed by atoms with Crippen molar-refractivity contribution in [2.75, 3.05) is 10.2 Å². The van der Waals surface area contributed by atoms with Gasteiger partial charge in [-0.2, -0.15) is 0 Å². The van der Waals surface area contributed by atoms with Gasteiger partial charge in [0, 0.05) is 34.9 Å². The molecule has 2 aromatic carbocycles. The van der Waals surface area contributed by atoms with Crippen molar-refractivity contribution in [3.63, 3.8) is 0 Å². The highest BCUT2D eigenvalue weighted by molar-refractivity contribution is 7.80. The second-order valence-electron chi connectivity index (χ2n) is 10.3. The van der Waals surface area contributed by atoms with E-state index in [0.717, 1.165) is 34.0 Å². The summed E-state index contributed by atoms with van der Waals surface area (Å²) in [6.07, 6.45) is 1.80. The summed E-state index contributed by atoms with van der Waals surface area (Å²) in [7, 11) is 0. The second kappa shape index (κ2) is 10.8. The fourth-order valence-electron chi connectivity index (χ4n) is 5.16. The Kier molecular flexibility index (Phi) is 7.47. The lowest BCUT2D eigenvalue weighted by Crippen LogP contribution is -2.29. The van der Waals surface area contributed by atoms with Gasteiger partial charge < -0.3 is 20.1 Å². The number of pyridine rings is 1. The number of halogens is 1. The van der Waals surface area contributed by atoms with E-state index in [4.69, 9.17) is 23.8 Å². The molecule has 1 amide bonds. The molecule has 0 unspecified atom stereocenters. The third kappa shape index (κ3) is 5.16. The molecule has 8 heteroatoms. The zero-order valence-electron chi connectivity index (χ0n) is 22.7. The van der Waals surface area contributed by atoms with Crippen molar-refractivity contribution < 1.29 is 4.79 Å².